The number of rotatable bonds is 4. The second-order valence-corrected chi connectivity index (χ2v) is 7.46. The Morgan fingerprint density at radius 2 is 2.05 bits per heavy atom. The molecule has 0 aliphatic rings. The average Bonchev–Trinajstić information content (AvgIpc) is 2.95. The van der Waals surface area contributed by atoms with Crippen LogP contribution in [-0.4, -0.2) is 12.1 Å². The molecule has 2 heterocycles. The van der Waals surface area contributed by atoms with E-state index in [1.165, 1.54) is 0 Å². The van der Waals surface area contributed by atoms with Crippen molar-refractivity contribution in [3.05, 3.63) is 32.4 Å². The molecule has 0 bridgehead atoms. The average molecular weight is 296 g/mol. The maximum absolute atomic E-state index is 6.23. The molecule has 1 atom stereocenters. The normalized spacial score (nSPS) is 13.5. The van der Waals surface area contributed by atoms with E-state index in [0.717, 1.165) is 27.7 Å². The molecule has 2 rings (SSSR count). The Labute approximate surface area is 122 Å². The number of ether oxygens (including phenoxy) is 1. The van der Waals surface area contributed by atoms with Crippen molar-refractivity contribution in [2.24, 2.45) is 5.73 Å². The highest BCUT2D eigenvalue weighted by atomic mass is 32.1. The zero-order valence-corrected chi connectivity index (χ0v) is 13.4. The largest absolute Gasteiger partial charge is 0.496 e. The van der Waals surface area contributed by atoms with E-state index in [4.69, 9.17) is 10.5 Å². The van der Waals surface area contributed by atoms with Crippen molar-refractivity contribution in [3.63, 3.8) is 0 Å². The van der Waals surface area contributed by atoms with Gasteiger partial charge < -0.3 is 10.5 Å². The standard InChI is InChI=1S/C14H20N2OS2/c1-14(2,3)12-8-19-13(16-12)6-10(15)11-5-9(17-4)7-18-11/h5,7-8,10H,6,15H2,1-4H3. The van der Waals surface area contributed by atoms with Crippen LogP contribution in [0.3, 0.4) is 0 Å². The highest BCUT2D eigenvalue weighted by Crippen LogP contribution is 2.29. The molecule has 0 saturated heterocycles. The van der Waals surface area contributed by atoms with Gasteiger partial charge in [0, 0.05) is 33.5 Å². The van der Waals surface area contributed by atoms with E-state index in [1.54, 1.807) is 29.8 Å². The fraction of sp³-hybridized carbons (Fsp3) is 0.500. The molecule has 3 nitrogen and oxygen atoms in total. The maximum atomic E-state index is 6.23. The van der Waals surface area contributed by atoms with Crippen LogP contribution in [0.25, 0.3) is 0 Å². The summed E-state index contributed by atoms with van der Waals surface area (Å²) in [4.78, 5) is 5.83. The number of hydrogen-bond acceptors (Lipinski definition) is 5. The van der Waals surface area contributed by atoms with Gasteiger partial charge in [0.15, 0.2) is 0 Å². The molecular formula is C14H20N2OS2. The van der Waals surface area contributed by atoms with Crippen molar-refractivity contribution >= 4 is 22.7 Å². The van der Waals surface area contributed by atoms with E-state index >= 15 is 0 Å². The smallest absolute Gasteiger partial charge is 0.129 e. The Kier molecular flexibility index (Phi) is 4.28. The predicted molar refractivity (Wildman–Crippen MR) is 82.3 cm³/mol. The highest BCUT2D eigenvalue weighted by Gasteiger charge is 2.19. The van der Waals surface area contributed by atoms with Gasteiger partial charge in [-0.2, -0.15) is 0 Å². The number of thiophene rings is 1. The molecule has 104 valence electrons. The second-order valence-electron chi connectivity index (χ2n) is 5.58. The van der Waals surface area contributed by atoms with Crippen molar-refractivity contribution in [1.29, 1.82) is 0 Å². The van der Waals surface area contributed by atoms with E-state index in [9.17, 15) is 0 Å². The minimum Gasteiger partial charge on any atom is -0.496 e. The van der Waals surface area contributed by atoms with Crippen molar-refractivity contribution in [2.75, 3.05) is 7.11 Å². The molecule has 0 spiro atoms. The number of hydrogen-bond donors (Lipinski definition) is 1. The molecule has 0 aliphatic heterocycles. The number of thiazole rings is 1. The lowest BCUT2D eigenvalue weighted by molar-refractivity contribution is 0.416. The van der Waals surface area contributed by atoms with Gasteiger partial charge in [-0.15, -0.1) is 22.7 Å². The van der Waals surface area contributed by atoms with Crippen LogP contribution >= 0.6 is 22.7 Å². The minimum absolute atomic E-state index is 0.00660. The molecule has 0 fully saturated rings. The Morgan fingerprint density at radius 1 is 1.32 bits per heavy atom. The second kappa shape index (κ2) is 5.61. The van der Waals surface area contributed by atoms with Crippen LogP contribution in [0, 0.1) is 0 Å². The van der Waals surface area contributed by atoms with Crippen LogP contribution in [0.5, 0.6) is 5.75 Å². The summed E-state index contributed by atoms with van der Waals surface area (Å²) in [6, 6.07) is 2.00. The molecule has 2 aromatic rings. The highest BCUT2D eigenvalue weighted by molar-refractivity contribution is 7.10. The van der Waals surface area contributed by atoms with Gasteiger partial charge in [0.2, 0.25) is 0 Å². The molecule has 2 N–H and O–H groups in total. The summed E-state index contributed by atoms with van der Waals surface area (Å²) < 4.78 is 5.19. The Morgan fingerprint density at radius 3 is 2.58 bits per heavy atom. The van der Waals surface area contributed by atoms with Crippen LogP contribution in [0.1, 0.15) is 42.4 Å². The number of aromatic nitrogens is 1. The molecule has 1 unspecified atom stereocenters. The van der Waals surface area contributed by atoms with Gasteiger partial charge >= 0.3 is 0 Å². The SMILES string of the molecule is COc1csc(C(N)Cc2nc(C(C)(C)C)cs2)c1. The summed E-state index contributed by atoms with van der Waals surface area (Å²) >= 11 is 3.33. The lowest BCUT2D eigenvalue weighted by Crippen LogP contribution is -2.14. The van der Waals surface area contributed by atoms with E-state index < -0.39 is 0 Å². The molecule has 19 heavy (non-hydrogen) atoms. The minimum atomic E-state index is -0.00660. The molecule has 0 aliphatic carbocycles. The van der Waals surface area contributed by atoms with Crippen molar-refractivity contribution in [3.8, 4) is 5.75 Å². The molecule has 5 heteroatoms. The predicted octanol–water partition coefficient (Wildman–Crippen LogP) is 3.75. The zero-order valence-electron chi connectivity index (χ0n) is 11.8. The zero-order chi connectivity index (χ0) is 14.0. The van der Waals surface area contributed by atoms with Crippen molar-refractivity contribution < 1.29 is 4.74 Å². The maximum Gasteiger partial charge on any atom is 0.129 e. The van der Waals surface area contributed by atoms with Gasteiger partial charge in [-0.3, -0.25) is 0 Å². The van der Waals surface area contributed by atoms with Crippen LogP contribution < -0.4 is 10.5 Å². The summed E-state index contributed by atoms with van der Waals surface area (Å²) in [5.74, 6) is 0.880. The number of nitrogens with zero attached hydrogens (tertiary/aromatic N) is 1. The first-order valence-corrected chi connectivity index (χ1v) is 7.99. The molecular weight excluding hydrogens is 276 g/mol. The summed E-state index contributed by atoms with van der Waals surface area (Å²) in [6.45, 7) is 6.53. The Balaban J connectivity index is 2.06. The third kappa shape index (κ3) is 3.55. The topological polar surface area (TPSA) is 48.1 Å². The Hall–Kier alpha value is -0.910. The molecule has 2 aromatic heterocycles. The van der Waals surface area contributed by atoms with E-state index in [1.807, 2.05) is 11.4 Å². The Bertz CT molecular complexity index is 540. The fourth-order valence-corrected chi connectivity index (χ4v) is 3.61. The summed E-state index contributed by atoms with van der Waals surface area (Å²) in [7, 11) is 1.67. The van der Waals surface area contributed by atoms with Crippen LogP contribution in [0.15, 0.2) is 16.8 Å². The van der Waals surface area contributed by atoms with Gasteiger partial charge in [0.05, 0.1) is 17.8 Å². The van der Waals surface area contributed by atoms with Gasteiger partial charge in [-0.05, 0) is 6.07 Å². The summed E-state index contributed by atoms with van der Waals surface area (Å²) in [5, 5.41) is 5.22. The van der Waals surface area contributed by atoms with E-state index in [2.05, 4.69) is 31.1 Å². The lowest BCUT2D eigenvalue weighted by atomic mass is 9.93. The molecule has 0 radical (unpaired) electrons. The van der Waals surface area contributed by atoms with E-state index in [0.29, 0.717) is 0 Å². The number of nitrogens with two attached hydrogens (primary N) is 1. The van der Waals surface area contributed by atoms with Crippen LogP contribution in [-0.2, 0) is 11.8 Å². The van der Waals surface area contributed by atoms with Crippen LogP contribution in [0.2, 0.25) is 0 Å². The molecule has 0 amide bonds. The third-order valence-corrected chi connectivity index (χ3v) is 4.83. The van der Waals surface area contributed by atoms with Gasteiger partial charge in [-0.1, -0.05) is 20.8 Å². The third-order valence-electron chi connectivity index (χ3n) is 2.91. The van der Waals surface area contributed by atoms with Crippen molar-refractivity contribution in [2.45, 2.75) is 38.6 Å². The van der Waals surface area contributed by atoms with Gasteiger partial charge in [0.1, 0.15) is 5.75 Å². The summed E-state index contributed by atoms with van der Waals surface area (Å²) in [5.41, 5.74) is 7.48. The first-order chi connectivity index (χ1) is 8.90. The molecule has 0 saturated carbocycles. The molecule has 0 aromatic carbocycles. The van der Waals surface area contributed by atoms with E-state index in [-0.39, 0.29) is 11.5 Å². The monoisotopic (exact) mass is 296 g/mol. The van der Waals surface area contributed by atoms with Gasteiger partial charge in [0.25, 0.3) is 0 Å². The summed E-state index contributed by atoms with van der Waals surface area (Å²) in [6.07, 6.45) is 0.782. The van der Waals surface area contributed by atoms with Crippen LogP contribution in [0.4, 0.5) is 0 Å². The van der Waals surface area contributed by atoms with Crippen molar-refractivity contribution in [1.82, 2.24) is 4.98 Å². The van der Waals surface area contributed by atoms with Gasteiger partial charge in [-0.25, -0.2) is 4.98 Å². The quantitative estimate of drug-likeness (QED) is 0.934. The first kappa shape index (κ1) is 14.5. The number of methoxy groups -OCH3 is 1. The first-order valence-electron chi connectivity index (χ1n) is 6.23. The fourth-order valence-electron chi connectivity index (χ4n) is 1.67. The lowest BCUT2D eigenvalue weighted by Gasteiger charge is -2.14.